The third-order valence-electron chi connectivity index (χ3n) is 10.1. The number of benzene rings is 7. The van der Waals surface area contributed by atoms with Gasteiger partial charge in [0.2, 0.25) is 0 Å². The van der Waals surface area contributed by atoms with Crippen LogP contribution in [0.4, 0.5) is 0 Å². The largest absolute Gasteiger partial charge is 0.324 e. The molecule has 0 saturated carbocycles. The molecule has 7 aromatic rings. The van der Waals surface area contributed by atoms with Crippen LogP contribution in [-0.4, -0.2) is 11.7 Å². The Balaban J connectivity index is 1.27. The average molecular weight is 630 g/mol. The maximum Gasteiger partial charge on any atom is 0.169 e. The summed E-state index contributed by atoms with van der Waals surface area (Å²) < 4.78 is 0. The van der Waals surface area contributed by atoms with Crippen LogP contribution in [0.5, 0.6) is 0 Å². The summed E-state index contributed by atoms with van der Waals surface area (Å²) in [5, 5.41) is 6.18. The third-order valence-corrected chi connectivity index (χ3v) is 10.1. The molecule has 0 saturated heterocycles. The first-order valence-electron chi connectivity index (χ1n) is 16.9. The van der Waals surface area contributed by atoms with Crippen LogP contribution in [-0.2, 0) is 5.41 Å². The number of aliphatic imine (C=N–C) groups is 2. The summed E-state index contributed by atoms with van der Waals surface area (Å²) in [7, 11) is 0. The third kappa shape index (κ3) is 4.98. The van der Waals surface area contributed by atoms with Crippen LogP contribution in [0.25, 0.3) is 44.2 Å². The summed E-state index contributed by atoms with van der Waals surface area (Å²) in [5.41, 5.74) is 12.9. The van der Waals surface area contributed by atoms with Crippen LogP contribution in [0.1, 0.15) is 47.8 Å². The number of nitrogens with one attached hydrogen (secondary N) is 1. The van der Waals surface area contributed by atoms with E-state index in [4.69, 9.17) is 9.98 Å². The minimum absolute atomic E-state index is 0.149. The number of hydrogen-bond donors (Lipinski definition) is 1. The quantitative estimate of drug-likeness (QED) is 0.202. The molecule has 0 aromatic heterocycles. The monoisotopic (exact) mass is 629 g/mol. The summed E-state index contributed by atoms with van der Waals surface area (Å²) in [4.78, 5) is 10.8. The maximum absolute atomic E-state index is 5.48. The molecular formula is C46H35N3. The van der Waals surface area contributed by atoms with E-state index in [9.17, 15) is 0 Å². The van der Waals surface area contributed by atoms with Crippen molar-refractivity contribution in [2.75, 3.05) is 0 Å². The molecule has 1 atom stereocenters. The van der Waals surface area contributed by atoms with Gasteiger partial charge >= 0.3 is 0 Å². The van der Waals surface area contributed by atoms with Gasteiger partial charge in [-0.2, -0.15) is 0 Å². The standard InChI is InChI=1S/C46H35N3/c1-46(2)39-26-12-11-25-38(39)41-40(46)29-34-19-9-10-24-37(34)42(41)45-48-43(35-22-13-20-32(27-35)30-15-5-3-6-16-30)47-44(49-45)36-23-14-21-33(28-36)31-17-7-4-8-18-31/h3-29,43H,1-2H3,(H,47,48,49). The van der Waals surface area contributed by atoms with Crippen LogP contribution in [0.2, 0.25) is 0 Å². The van der Waals surface area contributed by atoms with Crippen molar-refractivity contribution < 1.29 is 0 Å². The molecule has 9 rings (SSSR count). The first-order chi connectivity index (χ1) is 24.0. The predicted octanol–water partition coefficient (Wildman–Crippen LogP) is 11.0. The van der Waals surface area contributed by atoms with Gasteiger partial charge < -0.3 is 5.32 Å². The van der Waals surface area contributed by atoms with E-state index in [1.165, 1.54) is 44.2 Å². The molecule has 2 aliphatic rings. The lowest BCUT2D eigenvalue weighted by Crippen LogP contribution is -2.36. The summed E-state index contributed by atoms with van der Waals surface area (Å²) in [6.45, 7) is 4.68. The maximum atomic E-state index is 5.48. The number of hydrogen-bond acceptors (Lipinski definition) is 3. The Hall–Kier alpha value is -6.06. The molecule has 1 unspecified atom stereocenters. The van der Waals surface area contributed by atoms with Gasteiger partial charge in [-0.15, -0.1) is 0 Å². The van der Waals surface area contributed by atoms with Crippen molar-refractivity contribution in [3.05, 3.63) is 192 Å². The van der Waals surface area contributed by atoms with Crippen molar-refractivity contribution in [3.63, 3.8) is 0 Å². The smallest absolute Gasteiger partial charge is 0.169 e. The van der Waals surface area contributed by atoms with Gasteiger partial charge in [0, 0.05) is 16.5 Å². The van der Waals surface area contributed by atoms with Gasteiger partial charge in [0.25, 0.3) is 0 Å². The van der Waals surface area contributed by atoms with E-state index in [1.807, 2.05) is 0 Å². The van der Waals surface area contributed by atoms with E-state index >= 15 is 0 Å². The lowest BCUT2D eigenvalue weighted by atomic mass is 9.81. The molecule has 1 heterocycles. The second-order valence-electron chi connectivity index (χ2n) is 13.5. The molecule has 0 amide bonds. The second-order valence-corrected chi connectivity index (χ2v) is 13.5. The van der Waals surface area contributed by atoms with Gasteiger partial charge in [-0.3, -0.25) is 0 Å². The molecule has 234 valence electrons. The van der Waals surface area contributed by atoms with E-state index in [0.29, 0.717) is 0 Å². The van der Waals surface area contributed by atoms with Crippen molar-refractivity contribution in [3.8, 4) is 33.4 Å². The molecule has 0 bridgehead atoms. The molecule has 3 heteroatoms. The minimum atomic E-state index is -0.436. The molecule has 7 aromatic carbocycles. The molecule has 1 N–H and O–H groups in total. The fourth-order valence-electron chi connectivity index (χ4n) is 7.62. The molecule has 0 fully saturated rings. The van der Waals surface area contributed by atoms with Crippen molar-refractivity contribution in [2.45, 2.75) is 25.4 Å². The first-order valence-corrected chi connectivity index (χ1v) is 16.9. The predicted molar refractivity (Wildman–Crippen MR) is 204 cm³/mol. The Labute approximate surface area is 287 Å². The zero-order valence-electron chi connectivity index (χ0n) is 27.6. The van der Waals surface area contributed by atoms with Gasteiger partial charge in [-0.1, -0.05) is 159 Å². The highest BCUT2D eigenvalue weighted by molar-refractivity contribution is 6.23. The molecule has 49 heavy (non-hydrogen) atoms. The van der Waals surface area contributed by atoms with Gasteiger partial charge in [0.1, 0.15) is 11.7 Å². The van der Waals surface area contributed by atoms with Gasteiger partial charge in [-0.25, -0.2) is 9.98 Å². The van der Waals surface area contributed by atoms with Crippen LogP contribution in [0.15, 0.2) is 174 Å². The van der Waals surface area contributed by atoms with Crippen LogP contribution in [0, 0.1) is 0 Å². The Morgan fingerprint density at radius 3 is 1.84 bits per heavy atom. The van der Waals surface area contributed by atoms with Gasteiger partial charge in [0.15, 0.2) is 6.17 Å². The fourth-order valence-corrected chi connectivity index (χ4v) is 7.62. The zero-order chi connectivity index (χ0) is 33.0. The van der Waals surface area contributed by atoms with Crippen molar-refractivity contribution in [1.29, 1.82) is 0 Å². The Morgan fingerprint density at radius 2 is 1.06 bits per heavy atom. The van der Waals surface area contributed by atoms with Crippen LogP contribution >= 0.6 is 0 Å². The van der Waals surface area contributed by atoms with Crippen LogP contribution < -0.4 is 5.32 Å². The Morgan fingerprint density at radius 1 is 0.469 bits per heavy atom. The fraction of sp³-hybridized carbons (Fsp3) is 0.0870. The first kappa shape index (κ1) is 29.1. The summed E-state index contributed by atoms with van der Waals surface area (Å²) >= 11 is 0. The highest BCUT2D eigenvalue weighted by atomic mass is 15.2. The van der Waals surface area contributed by atoms with E-state index in [-0.39, 0.29) is 5.41 Å². The minimum Gasteiger partial charge on any atom is -0.324 e. The summed E-state index contributed by atoms with van der Waals surface area (Å²) in [6.07, 6.45) is -0.436. The lowest BCUT2D eigenvalue weighted by molar-refractivity contribution is 0.661. The lowest BCUT2D eigenvalue weighted by Gasteiger charge is -2.26. The molecule has 1 aliphatic carbocycles. The topological polar surface area (TPSA) is 36.8 Å². The molecular weight excluding hydrogens is 595 g/mol. The average Bonchev–Trinajstić information content (AvgIpc) is 3.40. The van der Waals surface area contributed by atoms with E-state index in [2.05, 4.69) is 183 Å². The van der Waals surface area contributed by atoms with Gasteiger partial charge in [0.05, 0.1) is 0 Å². The summed E-state index contributed by atoms with van der Waals surface area (Å²) in [6, 6.07) is 58.3. The molecule has 0 spiro atoms. The molecule has 0 radical (unpaired) electrons. The number of rotatable bonds is 5. The highest BCUT2D eigenvalue weighted by Gasteiger charge is 2.39. The number of nitrogens with zero attached hydrogens (tertiary/aromatic N) is 2. The van der Waals surface area contributed by atoms with Crippen molar-refractivity contribution in [1.82, 2.24) is 5.32 Å². The number of amidine groups is 2. The molecule has 3 nitrogen and oxygen atoms in total. The SMILES string of the molecule is CC1(C)c2ccccc2-c2c1cc1ccccc1c2C1=NC(c2cccc(-c3ccccc3)c2)N=C(c2cccc(-c3ccccc3)c2)N1. The molecule has 1 aliphatic heterocycles. The highest BCUT2D eigenvalue weighted by Crippen LogP contribution is 2.52. The number of fused-ring (bicyclic) bond motifs is 4. The van der Waals surface area contributed by atoms with Gasteiger partial charge in [-0.05, 0) is 79.0 Å². The van der Waals surface area contributed by atoms with E-state index in [1.54, 1.807) is 0 Å². The van der Waals surface area contributed by atoms with Crippen molar-refractivity contribution in [2.24, 2.45) is 9.98 Å². The van der Waals surface area contributed by atoms with Crippen molar-refractivity contribution >= 4 is 22.4 Å². The van der Waals surface area contributed by atoms with Crippen LogP contribution in [0.3, 0.4) is 0 Å². The summed E-state index contributed by atoms with van der Waals surface area (Å²) in [5.74, 6) is 1.65. The zero-order valence-corrected chi connectivity index (χ0v) is 27.6. The second kappa shape index (κ2) is 11.6. The van der Waals surface area contributed by atoms with E-state index in [0.717, 1.165) is 39.5 Å². The normalized spacial score (nSPS) is 15.9. The van der Waals surface area contributed by atoms with E-state index < -0.39 is 6.17 Å². The Kier molecular flexibility index (Phi) is 6.87. The Bertz CT molecular complexity index is 2440.